The Morgan fingerprint density at radius 2 is 1.68 bits per heavy atom. The number of piperazine rings is 1. The minimum absolute atomic E-state index is 0.0483. The summed E-state index contributed by atoms with van der Waals surface area (Å²) in [4.78, 5) is 43.0. The first-order chi connectivity index (χ1) is 14.9. The molecule has 1 saturated heterocycles. The monoisotopic (exact) mass is 427 g/mol. The third kappa shape index (κ3) is 5.94. The first-order valence-corrected chi connectivity index (χ1v) is 11.0. The van der Waals surface area contributed by atoms with Gasteiger partial charge < -0.3 is 14.5 Å². The van der Waals surface area contributed by atoms with Crippen LogP contribution in [0.15, 0.2) is 35.9 Å². The van der Waals surface area contributed by atoms with Gasteiger partial charge in [-0.1, -0.05) is 18.2 Å². The molecule has 0 radical (unpaired) electrons. The van der Waals surface area contributed by atoms with Crippen molar-refractivity contribution in [2.45, 2.75) is 31.6 Å². The highest BCUT2D eigenvalue weighted by Crippen LogP contribution is 2.32. The zero-order chi connectivity index (χ0) is 22.4. The van der Waals surface area contributed by atoms with Crippen molar-refractivity contribution in [3.05, 3.63) is 41.5 Å². The summed E-state index contributed by atoms with van der Waals surface area (Å²) < 4.78 is 5.17. The minimum Gasteiger partial charge on any atom is -0.497 e. The summed E-state index contributed by atoms with van der Waals surface area (Å²) >= 11 is 0. The maximum atomic E-state index is 12.6. The predicted molar refractivity (Wildman–Crippen MR) is 119 cm³/mol. The number of unbranched alkanes of at least 4 members (excludes halogenated alkanes) is 1. The van der Waals surface area contributed by atoms with Crippen molar-refractivity contribution in [3.63, 3.8) is 0 Å². The van der Waals surface area contributed by atoms with E-state index in [0.717, 1.165) is 56.9 Å². The highest BCUT2D eigenvalue weighted by molar-refractivity contribution is 6.22. The average molecular weight is 428 g/mol. The number of urea groups is 1. The topological polar surface area (TPSA) is 70.2 Å². The van der Waals surface area contributed by atoms with E-state index in [0.29, 0.717) is 18.4 Å². The van der Waals surface area contributed by atoms with E-state index in [1.165, 1.54) is 0 Å². The summed E-state index contributed by atoms with van der Waals surface area (Å²) in [5.41, 5.74) is 1.39. The minimum atomic E-state index is -0.0516. The molecule has 0 bridgehead atoms. The number of Topliss-reactive ketones (excluding diaryl/α,β-unsaturated/α-hetero) is 2. The van der Waals surface area contributed by atoms with Crippen LogP contribution >= 0.6 is 0 Å². The fraction of sp³-hybridized carbons (Fsp3) is 0.542. The first-order valence-electron chi connectivity index (χ1n) is 11.0. The Labute approximate surface area is 184 Å². The maximum absolute atomic E-state index is 12.6. The van der Waals surface area contributed by atoms with Crippen LogP contribution < -0.4 is 4.74 Å². The number of rotatable bonds is 6. The highest BCUT2D eigenvalue weighted by atomic mass is 16.5. The molecule has 168 valence electrons. The molecule has 7 nitrogen and oxygen atoms in total. The number of ketones is 2. The molecule has 31 heavy (non-hydrogen) atoms. The van der Waals surface area contributed by atoms with Gasteiger partial charge in [0, 0.05) is 53.1 Å². The summed E-state index contributed by atoms with van der Waals surface area (Å²) in [6.07, 6.45) is 4.21. The Balaban J connectivity index is 1.44. The lowest BCUT2D eigenvalue weighted by Crippen LogP contribution is -2.51. The summed E-state index contributed by atoms with van der Waals surface area (Å²) in [5.74, 6) is 0.619. The quantitative estimate of drug-likeness (QED) is 0.397. The third-order valence-corrected chi connectivity index (χ3v) is 6.10. The number of ether oxygens (including phenoxy) is 1. The second-order valence-electron chi connectivity index (χ2n) is 8.49. The van der Waals surface area contributed by atoms with E-state index in [1.54, 1.807) is 26.1 Å². The summed E-state index contributed by atoms with van der Waals surface area (Å²) in [7, 11) is 5.16. The molecular weight excluding hydrogens is 394 g/mol. The van der Waals surface area contributed by atoms with Gasteiger partial charge in [0.2, 0.25) is 0 Å². The molecule has 0 aromatic heterocycles. The van der Waals surface area contributed by atoms with Crippen molar-refractivity contribution in [2.24, 2.45) is 0 Å². The van der Waals surface area contributed by atoms with Gasteiger partial charge in [-0.3, -0.25) is 14.5 Å². The van der Waals surface area contributed by atoms with Gasteiger partial charge in [-0.05, 0) is 43.0 Å². The number of hydrogen-bond acceptors (Lipinski definition) is 5. The smallest absolute Gasteiger partial charge is 0.319 e. The summed E-state index contributed by atoms with van der Waals surface area (Å²) in [5, 5.41) is 0. The van der Waals surface area contributed by atoms with Crippen LogP contribution in [0, 0.1) is 0 Å². The van der Waals surface area contributed by atoms with Crippen LogP contribution in [0.5, 0.6) is 5.75 Å². The van der Waals surface area contributed by atoms with E-state index in [9.17, 15) is 14.4 Å². The molecular formula is C24H33N3O4. The fourth-order valence-corrected chi connectivity index (χ4v) is 4.24. The molecule has 1 heterocycles. The van der Waals surface area contributed by atoms with Crippen molar-refractivity contribution in [3.8, 4) is 5.75 Å². The van der Waals surface area contributed by atoms with Crippen LogP contribution in [0.2, 0.25) is 0 Å². The Hall–Kier alpha value is -2.67. The largest absolute Gasteiger partial charge is 0.497 e. The van der Waals surface area contributed by atoms with E-state index in [-0.39, 0.29) is 23.5 Å². The molecule has 7 heteroatoms. The molecule has 0 unspecified atom stereocenters. The normalized spacial score (nSPS) is 20.0. The Morgan fingerprint density at radius 1 is 1.06 bits per heavy atom. The zero-order valence-electron chi connectivity index (χ0n) is 18.8. The molecule has 3 rings (SSSR count). The van der Waals surface area contributed by atoms with Gasteiger partial charge in [0.25, 0.3) is 0 Å². The van der Waals surface area contributed by atoms with Crippen LogP contribution in [-0.2, 0) is 9.59 Å². The summed E-state index contributed by atoms with van der Waals surface area (Å²) in [6.45, 7) is 4.10. The number of carbonyl (C=O) groups excluding carboxylic acids is 3. The zero-order valence-corrected chi connectivity index (χ0v) is 18.8. The van der Waals surface area contributed by atoms with Crippen LogP contribution in [0.25, 0.3) is 0 Å². The molecule has 1 aromatic rings. The molecule has 2 fully saturated rings. The van der Waals surface area contributed by atoms with Gasteiger partial charge in [-0.25, -0.2) is 4.79 Å². The molecule has 0 N–H and O–H groups in total. The molecule has 2 aliphatic rings. The van der Waals surface area contributed by atoms with Crippen LogP contribution in [0.1, 0.15) is 37.2 Å². The Morgan fingerprint density at radius 3 is 2.23 bits per heavy atom. The van der Waals surface area contributed by atoms with E-state index in [1.807, 2.05) is 35.2 Å². The Kier molecular flexibility index (Phi) is 7.85. The maximum Gasteiger partial charge on any atom is 0.319 e. The van der Waals surface area contributed by atoms with Gasteiger partial charge in [-0.15, -0.1) is 0 Å². The van der Waals surface area contributed by atoms with Crippen LogP contribution in [0.3, 0.4) is 0 Å². The molecule has 2 amide bonds. The van der Waals surface area contributed by atoms with Crippen LogP contribution in [0.4, 0.5) is 4.79 Å². The lowest BCUT2D eigenvalue weighted by atomic mass is 9.79. The average Bonchev–Trinajstić information content (AvgIpc) is 2.77. The lowest BCUT2D eigenvalue weighted by molar-refractivity contribution is -0.124. The SMILES string of the molecule is COc1ccc(C2CC(=O)C(=CCCCN3CCN(C(=O)N(C)C)CC3)C(=O)C2)cc1. The van der Waals surface area contributed by atoms with E-state index in [4.69, 9.17) is 4.74 Å². The van der Waals surface area contributed by atoms with E-state index < -0.39 is 0 Å². The number of benzene rings is 1. The Bertz CT molecular complexity index is 804. The number of methoxy groups -OCH3 is 1. The number of carbonyl (C=O) groups is 3. The molecule has 0 spiro atoms. The van der Waals surface area contributed by atoms with Crippen molar-refractivity contribution < 1.29 is 19.1 Å². The van der Waals surface area contributed by atoms with Gasteiger partial charge in [0.15, 0.2) is 11.6 Å². The molecule has 0 atom stereocenters. The predicted octanol–water partition coefficient (Wildman–Crippen LogP) is 2.72. The second kappa shape index (κ2) is 10.6. The van der Waals surface area contributed by atoms with Gasteiger partial charge in [-0.2, -0.15) is 0 Å². The summed E-state index contributed by atoms with van der Waals surface area (Å²) in [6, 6.07) is 7.67. The molecule has 1 saturated carbocycles. The second-order valence-corrected chi connectivity index (χ2v) is 8.49. The molecule has 1 aliphatic heterocycles. The van der Waals surface area contributed by atoms with E-state index in [2.05, 4.69) is 4.90 Å². The number of amides is 2. The highest BCUT2D eigenvalue weighted by Gasteiger charge is 2.31. The first kappa shape index (κ1) is 23.0. The van der Waals surface area contributed by atoms with Gasteiger partial charge in [0.1, 0.15) is 5.75 Å². The standard InChI is InChI=1S/C24H33N3O4/c1-25(2)24(30)27-14-12-26(13-15-27)11-5-4-6-21-22(28)16-19(17-23(21)29)18-7-9-20(31-3)10-8-18/h6-10,19H,4-5,11-17H2,1-3H3. The third-order valence-electron chi connectivity index (χ3n) is 6.10. The number of hydrogen-bond donors (Lipinski definition) is 0. The van der Waals surface area contributed by atoms with Gasteiger partial charge in [0.05, 0.1) is 12.7 Å². The van der Waals surface area contributed by atoms with Crippen molar-refractivity contribution in [1.82, 2.24) is 14.7 Å². The van der Waals surface area contributed by atoms with Crippen molar-refractivity contribution in [1.29, 1.82) is 0 Å². The fourth-order valence-electron chi connectivity index (χ4n) is 4.24. The molecule has 1 aliphatic carbocycles. The van der Waals surface area contributed by atoms with Crippen molar-refractivity contribution in [2.75, 3.05) is 53.9 Å². The van der Waals surface area contributed by atoms with Crippen molar-refractivity contribution >= 4 is 17.6 Å². The van der Waals surface area contributed by atoms with Gasteiger partial charge >= 0.3 is 6.03 Å². The van der Waals surface area contributed by atoms with E-state index >= 15 is 0 Å². The lowest BCUT2D eigenvalue weighted by Gasteiger charge is -2.35. The van der Waals surface area contributed by atoms with Crippen LogP contribution in [-0.4, -0.2) is 86.2 Å². The number of nitrogens with zero attached hydrogens (tertiary/aromatic N) is 3. The number of allylic oxidation sites excluding steroid dienone is 2. The molecule has 1 aromatic carbocycles.